The quantitative estimate of drug-likeness (QED) is 0.785. The van der Waals surface area contributed by atoms with E-state index in [1.807, 2.05) is 23.5 Å². The normalized spacial score (nSPS) is 11.1. The van der Waals surface area contributed by atoms with Gasteiger partial charge in [0.1, 0.15) is 0 Å². The lowest BCUT2D eigenvalue weighted by atomic mass is 10.2. The molecule has 1 N–H and O–H groups in total. The molecule has 0 saturated heterocycles. The molecule has 2 rings (SSSR count). The number of H-pyrrole nitrogens is 1. The Morgan fingerprint density at radius 1 is 1.12 bits per heavy atom. The second-order valence-electron chi connectivity index (χ2n) is 3.55. The Labute approximate surface area is 105 Å². The number of hydrogen-bond donors (Lipinski definition) is 1. The molecule has 0 amide bonds. The van der Waals surface area contributed by atoms with Crippen molar-refractivity contribution in [3.63, 3.8) is 0 Å². The Morgan fingerprint density at radius 3 is 2.69 bits per heavy atom. The van der Waals surface area contributed by atoms with Crippen LogP contribution in [-0.4, -0.2) is 16.5 Å². The van der Waals surface area contributed by atoms with E-state index >= 15 is 0 Å². The van der Waals surface area contributed by atoms with Crippen LogP contribution in [0.5, 0.6) is 0 Å². The SMILES string of the molecule is CCSCc1c(SCC)[nH]c2ccccc12. The van der Waals surface area contributed by atoms with E-state index in [1.54, 1.807) is 0 Å². The fourth-order valence-corrected chi connectivity index (χ4v) is 3.42. The van der Waals surface area contributed by atoms with Gasteiger partial charge in [0.25, 0.3) is 0 Å². The van der Waals surface area contributed by atoms with Gasteiger partial charge in [-0.2, -0.15) is 11.8 Å². The van der Waals surface area contributed by atoms with E-state index in [0.717, 1.165) is 11.5 Å². The van der Waals surface area contributed by atoms with Gasteiger partial charge >= 0.3 is 0 Å². The summed E-state index contributed by atoms with van der Waals surface area (Å²) in [5.41, 5.74) is 2.75. The molecule has 1 aromatic carbocycles. The zero-order valence-corrected chi connectivity index (χ0v) is 11.4. The largest absolute Gasteiger partial charge is 0.349 e. The Balaban J connectivity index is 2.42. The molecule has 86 valence electrons. The Kier molecular flexibility index (Phi) is 4.24. The first-order valence-corrected chi connectivity index (χ1v) is 7.81. The average Bonchev–Trinajstić information content (AvgIpc) is 2.65. The van der Waals surface area contributed by atoms with Crippen molar-refractivity contribution < 1.29 is 0 Å². The van der Waals surface area contributed by atoms with Crippen LogP contribution in [-0.2, 0) is 5.75 Å². The van der Waals surface area contributed by atoms with Crippen molar-refractivity contribution in [1.29, 1.82) is 0 Å². The van der Waals surface area contributed by atoms with Crippen molar-refractivity contribution in [2.24, 2.45) is 0 Å². The molecule has 16 heavy (non-hydrogen) atoms. The standard InChI is InChI=1S/C13H17NS2/c1-3-15-9-11-10-7-5-6-8-12(10)14-13(11)16-4-2/h5-8,14H,3-4,9H2,1-2H3. The van der Waals surface area contributed by atoms with E-state index in [0.29, 0.717) is 0 Å². The van der Waals surface area contributed by atoms with E-state index in [9.17, 15) is 0 Å². The highest BCUT2D eigenvalue weighted by Crippen LogP contribution is 2.32. The average molecular weight is 251 g/mol. The summed E-state index contributed by atoms with van der Waals surface area (Å²) in [6, 6.07) is 8.60. The zero-order valence-electron chi connectivity index (χ0n) is 9.75. The van der Waals surface area contributed by atoms with Gasteiger partial charge in [0.2, 0.25) is 0 Å². The first kappa shape index (κ1) is 11.9. The van der Waals surface area contributed by atoms with Gasteiger partial charge in [-0.1, -0.05) is 32.0 Å². The van der Waals surface area contributed by atoms with E-state index in [1.165, 1.54) is 27.2 Å². The highest BCUT2D eigenvalue weighted by atomic mass is 32.2. The second kappa shape index (κ2) is 5.69. The first-order valence-electron chi connectivity index (χ1n) is 5.67. The lowest BCUT2D eigenvalue weighted by Crippen LogP contribution is -1.83. The maximum absolute atomic E-state index is 3.52. The van der Waals surface area contributed by atoms with Crippen LogP contribution in [0, 0.1) is 0 Å². The monoisotopic (exact) mass is 251 g/mol. The van der Waals surface area contributed by atoms with Crippen LogP contribution in [0.3, 0.4) is 0 Å². The van der Waals surface area contributed by atoms with E-state index in [2.05, 4.69) is 43.1 Å². The van der Waals surface area contributed by atoms with Crippen LogP contribution < -0.4 is 0 Å². The predicted octanol–water partition coefficient (Wildman–Crippen LogP) is 4.53. The number of fused-ring (bicyclic) bond motifs is 1. The molecule has 0 spiro atoms. The number of para-hydroxylation sites is 1. The lowest BCUT2D eigenvalue weighted by Gasteiger charge is -2.01. The molecule has 0 aliphatic heterocycles. The molecule has 0 unspecified atom stereocenters. The van der Waals surface area contributed by atoms with E-state index < -0.39 is 0 Å². The maximum atomic E-state index is 3.52. The predicted molar refractivity (Wildman–Crippen MR) is 76.5 cm³/mol. The van der Waals surface area contributed by atoms with Gasteiger partial charge in [-0.05, 0) is 17.6 Å². The van der Waals surface area contributed by atoms with Crippen LogP contribution in [0.4, 0.5) is 0 Å². The van der Waals surface area contributed by atoms with Crippen LogP contribution in [0.2, 0.25) is 0 Å². The molecule has 0 bridgehead atoms. The topological polar surface area (TPSA) is 15.8 Å². The molecule has 3 heteroatoms. The van der Waals surface area contributed by atoms with Crippen LogP contribution in [0.15, 0.2) is 29.3 Å². The van der Waals surface area contributed by atoms with Crippen LogP contribution in [0.1, 0.15) is 19.4 Å². The fourth-order valence-electron chi connectivity index (χ4n) is 1.79. The number of nitrogens with one attached hydrogen (secondary N) is 1. The van der Waals surface area contributed by atoms with Crippen molar-refractivity contribution in [3.8, 4) is 0 Å². The van der Waals surface area contributed by atoms with Crippen molar-refractivity contribution in [2.45, 2.75) is 24.6 Å². The third-order valence-electron chi connectivity index (χ3n) is 2.51. The van der Waals surface area contributed by atoms with Crippen molar-refractivity contribution in [3.05, 3.63) is 29.8 Å². The van der Waals surface area contributed by atoms with Gasteiger partial charge in [0.15, 0.2) is 0 Å². The second-order valence-corrected chi connectivity index (χ2v) is 6.10. The fraction of sp³-hybridized carbons (Fsp3) is 0.385. The summed E-state index contributed by atoms with van der Waals surface area (Å²) in [4.78, 5) is 3.52. The minimum absolute atomic E-state index is 1.11. The van der Waals surface area contributed by atoms with Gasteiger partial charge < -0.3 is 4.98 Å². The summed E-state index contributed by atoms with van der Waals surface area (Å²) in [6.07, 6.45) is 0. The molecular weight excluding hydrogens is 234 g/mol. The molecule has 1 heterocycles. The highest BCUT2D eigenvalue weighted by molar-refractivity contribution is 7.99. The minimum Gasteiger partial charge on any atom is -0.349 e. The maximum Gasteiger partial charge on any atom is 0.0773 e. The molecule has 2 aromatic rings. The lowest BCUT2D eigenvalue weighted by molar-refractivity contribution is 1.17. The number of hydrogen-bond acceptors (Lipinski definition) is 2. The van der Waals surface area contributed by atoms with Gasteiger partial charge in [-0.25, -0.2) is 0 Å². The molecule has 1 aromatic heterocycles. The number of benzene rings is 1. The summed E-state index contributed by atoms with van der Waals surface area (Å²) >= 11 is 3.90. The van der Waals surface area contributed by atoms with Crippen molar-refractivity contribution >= 4 is 34.4 Å². The van der Waals surface area contributed by atoms with Crippen molar-refractivity contribution in [1.82, 2.24) is 4.98 Å². The van der Waals surface area contributed by atoms with Gasteiger partial charge in [-0.3, -0.25) is 0 Å². The first-order chi connectivity index (χ1) is 7.86. The minimum atomic E-state index is 1.11. The summed E-state index contributed by atoms with van der Waals surface area (Å²) in [5.74, 6) is 3.41. The Morgan fingerprint density at radius 2 is 1.94 bits per heavy atom. The molecular formula is C13H17NS2. The summed E-state index contributed by atoms with van der Waals surface area (Å²) in [7, 11) is 0. The molecule has 0 aliphatic rings. The van der Waals surface area contributed by atoms with Gasteiger partial charge in [-0.15, -0.1) is 11.8 Å². The van der Waals surface area contributed by atoms with E-state index in [-0.39, 0.29) is 0 Å². The number of thioether (sulfide) groups is 2. The summed E-state index contributed by atoms with van der Waals surface area (Å²) in [5, 5.41) is 2.74. The number of rotatable bonds is 5. The van der Waals surface area contributed by atoms with Crippen LogP contribution in [0.25, 0.3) is 10.9 Å². The molecule has 0 atom stereocenters. The molecule has 0 radical (unpaired) electrons. The summed E-state index contributed by atoms with van der Waals surface area (Å²) in [6.45, 7) is 4.42. The Bertz CT molecular complexity index is 462. The zero-order chi connectivity index (χ0) is 11.4. The smallest absolute Gasteiger partial charge is 0.0773 e. The molecule has 0 aliphatic carbocycles. The van der Waals surface area contributed by atoms with Gasteiger partial charge in [0.05, 0.1) is 5.03 Å². The van der Waals surface area contributed by atoms with Crippen LogP contribution >= 0.6 is 23.5 Å². The third-order valence-corrected chi connectivity index (χ3v) is 4.34. The molecule has 0 fully saturated rings. The van der Waals surface area contributed by atoms with E-state index in [4.69, 9.17) is 0 Å². The molecule has 1 nitrogen and oxygen atoms in total. The molecule has 0 saturated carbocycles. The number of aromatic amines is 1. The summed E-state index contributed by atoms with van der Waals surface area (Å²) < 4.78 is 0. The van der Waals surface area contributed by atoms with Crippen molar-refractivity contribution in [2.75, 3.05) is 11.5 Å². The Hall–Kier alpha value is -0.540. The number of aromatic nitrogens is 1. The highest BCUT2D eigenvalue weighted by Gasteiger charge is 2.10. The van der Waals surface area contributed by atoms with Gasteiger partial charge in [0, 0.05) is 22.2 Å². The third kappa shape index (κ3) is 2.41.